The molecule has 2 heterocycles. The van der Waals surface area contributed by atoms with Crippen LogP contribution in [0.25, 0.3) is 0 Å². The Morgan fingerprint density at radius 2 is 2.05 bits per heavy atom. The maximum atomic E-state index is 12.9. The lowest BCUT2D eigenvalue weighted by Crippen LogP contribution is -2.15. The molecule has 2 aromatic rings. The number of methoxy groups -OCH3 is 1. The SMILES string of the molecule is COc1nn(C)cc1NCc1cnn(C)c1C(F)(F)F. The van der Waals surface area contributed by atoms with Gasteiger partial charge in [-0.15, -0.1) is 5.10 Å². The monoisotopic (exact) mass is 289 g/mol. The molecule has 20 heavy (non-hydrogen) atoms. The topological polar surface area (TPSA) is 56.9 Å². The van der Waals surface area contributed by atoms with E-state index in [-0.39, 0.29) is 12.1 Å². The molecule has 0 aliphatic heterocycles. The molecule has 0 aliphatic rings. The van der Waals surface area contributed by atoms with Crippen molar-refractivity contribution >= 4 is 5.69 Å². The Hall–Kier alpha value is -2.19. The quantitative estimate of drug-likeness (QED) is 0.932. The molecule has 0 aromatic carbocycles. The molecule has 2 rings (SSSR count). The molecule has 0 bridgehead atoms. The highest BCUT2D eigenvalue weighted by Gasteiger charge is 2.37. The summed E-state index contributed by atoms with van der Waals surface area (Å²) in [7, 11) is 4.40. The van der Waals surface area contributed by atoms with E-state index in [2.05, 4.69) is 15.5 Å². The number of aryl methyl sites for hydroxylation is 2. The smallest absolute Gasteiger partial charge is 0.433 e. The number of aromatic nitrogens is 4. The van der Waals surface area contributed by atoms with Crippen LogP contribution in [0.2, 0.25) is 0 Å². The Kier molecular flexibility index (Phi) is 3.60. The molecule has 1 N–H and O–H groups in total. The predicted octanol–water partition coefficient (Wildman–Crippen LogP) is 1.79. The molecule has 0 unspecified atom stereocenters. The van der Waals surface area contributed by atoms with Crippen molar-refractivity contribution in [3.8, 4) is 5.88 Å². The van der Waals surface area contributed by atoms with E-state index in [1.807, 2.05) is 0 Å². The predicted molar refractivity (Wildman–Crippen MR) is 65.3 cm³/mol. The van der Waals surface area contributed by atoms with Crippen LogP contribution in [0.15, 0.2) is 12.4 Å². The fourth-order valence-electron chi connectivity index (χ4n) is 1.91. The molecular weight excluding hydrogens is 275 g/mol. The normalized spacial score (nSPS) is 11.7. The second kappa shape index (κ2) is 5.06. The van der Waals surface area contributed by atoms with Crippen LogP contribution in [0.5, 0.6) is 5.88 Å². The van der Waals surface area contributed by atoms with Gasteiger partial charge in [-0.1, -0.05) is 0 Å². The van der Waals surface area contributed by atoms with Gasteiger partial charge in [0.1, 0.15) is 11.4 Å². The van der Waals surface area contributed by atoms with E-state index in [0.717, 1.165) is 4.68 Å². The number of alkyl halides is 3. The van der Waals surface area contributed by atoms with Crippen molar-refractivity contribution in [2.24, 2.45) is 14.1 Å². The standard InChI is InChI=1S/C11H14F3N5O/c1-18-6-8(10(17-18)20-3)15-4-7-5-16-19(2)9(7)11(12,13)14/h5-6,15H,4H2,1-3H3. The summed E-state index contributed by atoms with van der Waals surface area (Å²) in [5.74, 6) is 0.324. The first-order valence-electron chi connectivity index (χ1n) is 5.72. The van der Waals surface area contributed by atoms with E-state index in [1.165, 1.54) is 25.0 Å². The van der Waals surface area contributed by atoms with Gasteiger partial charge in [0.15, 0.2) is 0 Å². The molecule has 0 radical (unpaired) electrons. The lowest BCUT2D eigenvalue weighted by molar-refractivity contribution is -0.144. The summed E-state index contributed by atoms with van der Waals surface area (Å²) in [5.41, 5.74) is -0.189. The molecule has 0 saturated carbocycles. The highest BCUT2D eigenvalue weighted by molar-refractivity contribution is 5.51. The Morgan fingerprint density at radius 1 is 1.35 bits per heavy atom. The second-order valence-corrected chi connectivity index (χ2v) is 4.22. The third-order valence-corrected chi connectivity index (χ3v) is 2.74. The number of halogens is 3. The second-order valence-electron chi connectivity index (χ2n) is 4.22. The van der Waals surface area contributed by atoms with Crippen molar-refractivity contribution in [1.29, 1.82) is 0 Å². The van der Waals surface area contributed by atoms with E-state index in [0.29, 0.717) is 11.6 Å². The van der Waals surface area contributed by atoms with Crippen molar-refractivity contribution < 1.29 is 17.9 Å². The molecule has 0 saturated heterocycles. The van der Waals surface area contributed by atoms with E-state index in [4.69, 9.17) is 4.74 Å². The Bertz CT molecular complexity index is 602. The number of hydrogen-bond acceptors (Lipinski definition) is 4. The van der Waals surface area contributed by atoms with Gasteiger partial charge in [-0.25, -0.2) is 0 Å². The number of ether oxygens (including phenoxy) is 1. The summed E-state index contributed by atoms with van der Waals surface area (Å²) >= 11 is 0. The van der Waals surface area contributed by atoms with Gasteiger partial charge < -0.3 is 10.1 Å². The molecule has 0 amide bonds. The van der Waals surface area contributed by atoms with E-state index in [9.17, 15) is 13.2 Å². The van der Waals surface area contributed by atoms with Crippen LogP contribution in [0, 0.1) is 0 Å². The van der Waals surface area contributed by atoms with Gasteiger partial charge in [-0.3, -0.25) is 9.36 Å². The zero-order valence-corrected chi connectivity index (χ0v) is 11.2. The third-order valence-electron chi connectivity index (χ3n) is 2.74. The summed E-state index contributed by atoms with van der Waals surface area (Å²) in [6, 6.07) is 0. The van der Waals surface area contributed by atoms with Crippen LogP contribution in [0.1, 0.15) is 11.3 Å². The average Bonchev–Trinajstić information content (AvgIpc) is 2.88. The van der Waals surface area contributed by atoms with Gasteiger partial charge in [0.2, 0.25) is 0 Å². The maximum Gasteiger partial charge on any atom is 0.433 e. The summed E-state index contributed by atoms with van der Waals surface area (Å²) in [6.45, 7) is -0.0231. The molecule has 0 aliphatic carbocycles. The van der Waals surface area contributed by atoms with Gasteiger partial charge in [0.05, 0.1) is 19.5 Å². The number of anilines is 1. The van der Waals surface area contributed by atoms with E-state index < -0.39 is 11.9 Å². The van der Waals surface area contributed by atoms with Gasteiger partial charge in [0, 0.05) is 26.2 Å². The molecule has 6 nitrogen and oxygen atoms in total. The minimum absolute atomic E-state index is 0.0231. The van der Waals surface area contributed by atoms with Crippen molar-refractivity contribution in [2.45, 2.75) is 12.7 Å². The Morgan fingerprint density at radius 3 is 2.65 bits per heavy atom. The van der Waals surface area contributed by atoms with Crippen LogP contribution in [0.3, 0.4) is 0 Å². The van der Waals surface area contributed by atoms with Gasteiger partial charge in [-0.05, 0) is 0 Å². The Balaban J connectivity index is 2.19. The van der Waals surface area contributed by atoms with Crippen LogP contribution in [-0.4, -0.2) is 26.7 Å². The van der Waals surface area contributed by atoms with Crippen LogP contribution < -0.4 is 10.1 Å². The zero-order chi connectivity index (χ0) is 14.9. The first kappa shape index (κ1) is 14.2. The van der Waals surface area contributed by atoms with Gasteiger partial charge in [0.25, 0.3) is 5.88 Å². The molecular formula is C11H14F3N5O. The first-order chi connectivity index (χ1) is 9.32. The highest BCUT2D eigenvalue weighted by atomic mass is 19.4. The lowest BCUT2D eigenvalue weighted by Gasteiger charge is -2.10. The molecule has 0 atom stereocenters. The molecule has 9 heteroatoms. The highest BCUT2D eigenvalue weighted by Crippen LogP contribution is 2.32. The number of rotatable bonds is 4. The summed E-state index contributed by atoms with van der Waals surface area (Å²) < 4.78 is 46.0. The van der Waals surface area contributed by atoms with Crippen LogP contribution >= 0.6 is 0 Å². The minimum Gasteiger partial charge on any atom is -0.478 e. The van der Waals surface area contributed by atoms with Crippen LogP contribution in [0.4, 0.5) is 18.9 Å². The molecule has 2 aromatic heterocycles. The first-order valence-corrected chi connectivity index (χ1v) is 5.72. The zero-order valence-electron chi connectivity index (χ0n) is 11.2. The Labute approximate surface area is 113 Å². The van der Waals surface area contributed by atoms with Crippen LogP contribution in [-0.2, 0) is 26.8 Å². The van der Waals surface area contributed by atoms with E-state index >= 15 is 0 Å². The van der Waals surface area contributed by atoms with Gasteiger partial charge >= 0.3 is 6.18 Å². The largest absolute Gasteiger partial charge is 0.478 e. The van der Waals surface area contributed by atoms with Crippen molar-refractivity contribution in [1.82, 2.24) is 19.6 Å². The van der Waals surface area contributed by atoms with Gasteiger partial charge in [-0.2, -0.15) is 18.3 Å². The summed E-state index contributed by atoms with van der Waals surface area (Å²) in [6.07, 6.45) is -1.62. The average molecular weight is 289 g/mol. The van der Waals surface area contributed by atoms with Crippen molar-refractivity contribution in [3.05, 3.63) is 23.7 Å². The number of nitrogens with one attached hydrogen (secondary N) is 1. The number of nitrogens with zero attached hydrogens (tertiary/aromatic N) is 4. The fraction of sp³-hybridized carbons (Fsp3) is 0.455. The minimum atomic E-state index is -4.44. The molecule has 110 valence electrons. The number of hydrogen-bond donors (Lipinski definition) is 1. The third kappa shape index (κ3) is 2.70. The molecule has 0 fully saturated rings. The molecule has 0 spiro atoms. The summed E-state index contributed by atoms with van der Waals surface area (Å²) in [5, 5.41) is 10.5. The summed E-state index contributed by atoms with van der Waals surface area (Å²) in [4.78, 5) is 0. The van der Waals surface area contributed by atoms with Crippen molar-refractivity contribution in [2.75, 3.05) is 12.4 Å². The van der Waals surface area contributed by atoms with Crippen molar-refractivity contribution in [3.63, 3.8) is 0 Å². The fourth-order valence-corrected chi connectivity index (χ4v) is 1.91. The lowest BCUT2D eigenvalue weighted by atomic mass is 10.2. The maximum absolute atomic E-state index is 12.9. The van der Waals surface area contributed by atoms with E-state index in [1.54, 1.807) is 13.2 Å².